The van der Waals surface area contributed by atoms with E-state index in [1.54, 1.807) is 24.4 Å². The number of hydrogen-bond acceptors (Lipinski definition) is 3. The van der Waals surface area contributed by atoms with Gasteiger partial charge in [-0.15, -0.1) is 11.3 Å². The Hall–Kier alpha value is -1.79. The third-order valence-corrected chi connectivity index (χ3v) is 3.94. The van der Waals surface area contributed by atoms with Crippen LogP contribution in [0.1, 0.15) is 22.2 Å². The van der Waals surface area contributed by atoms with Crippen LogP contribution in [0.5, 0.6) is 0 Å². The van der Waals surface area contributed by atoms with Crippen molar-refractivity contribution in [3.05, 3.63) is 57.8 Å². The van der Waals surface area contributed by atoms with Gasteiger partial charge in [0.1, 0.15) is 17.2 Å². The average molecular weight is 297 g/mol. The minimum Gasteiger partial charge on any atom is -0.383 e. The largest absolute Gasteiger partial charge is 0.383 e. The first kappa shape index (κ1) is 14.6. The van der Waals surface area contributed by atoms with Gasteiger partial charge in [0.25, 0.3) is 5.91 Å². The minimum atomic E-state index is -1.26. The van der Waals surface area contributed by atoms with Gasteiger partial charge in [-0.1, -0.05) is 6.07 Å². The van der Waals surface area contributed by atoms with E-state index in [1.165, 1.54) is 11.3 Å². The lowest BCUT2D eigenvalue weighted by Gasteiger charge is -2.22. The predicted molar refractivity (Wildman–Crippen MR) is 72.6 cm³/mol. The molecule has 0 aliphatic heterocycles. The Morgan fingerprint density at radius 2 is 2.15 bits per heavy atom. The van der Waals surface area contributed by atoms with Gasteiger partial charge in [0.05, 0.1) is 12.1 Å². The van der Waals surface area contributed by atoms with Gasteiger partial charge < -0.3 is 10.4 Å². The molecular formula is C14H13F2NO2S. The van der Waals surface area contributed by atoms with Crippen LogP contribution in [0.3, 0.4) is 0 Å². The van der Waals surface area contributed by atoms with E-state index in [4.69, 9.17) is 0 Å². The Balaban J connectivity index is 2.07. The Bertz CT molecular complexity index is 612. The first-order chi connectivity index (χ1) is 9.40. The van der Waals surface area contributed by atoms with E-state index < -0.39 is 23.1 Å². The lowest BCUT2D eigenvalue weighted by atomic mass is 10.0. The van der Waals surface area contributed by atoms with Crippen molar-refractivity contribution < 1.29 is 18.7 Å². The number of amides is 1. The zero-order chi connectivity index (χ0) is 14.8. The van der Waals surface area contributed by atoms with Gasteiger partial charge in [0.2, 0.25) is 0 Å². The number of halogens is 2. The van der Waals surface area contributed by atoms with Crippen molar-refractivity contribution in [3.63, 3.8) is 0 Å². The summed E-state index contributed by atoms with van der Waals surface area (Å²) in [4.78, 5) is 12.5. The molecule has 3 nitrogen and oxygen atoms in total. The Kier molecular flexibility index (Phi) is 4.15. The normalized spacial score (nSPS) is 13.8. The van der Waals surface area contributed by atoms with Crippen molar-refractivity contribution in [1.82, 2.24) is 5.32 Å². The number of carbonyl (C=O) groups is 1. The maximum absolute atomic E-state index is 13.4. The molecule has 1 aromatic heterocycles. The highest BCUT2D eigenvalue weighted by atomic mass is 32.1. The SMILES string of the molecule is CC(O)(CNC(=O)c1cc(F)ccc1F)c1cccs1. The summed E-state index contributed by atoms with van der Waals surface area (Å²) in [6.45, 7) is 1.45. The van der Waals surface area contributed by atoms with E-state index in [0.29, 0.717) is 4.88 Å². The van der Waals surface area contributed by atoms with Crippen molar-refractivity contribution in [3.8, 4) is 0 Å². The summed E-state index contributed by atoms with van der Waals surface area (Å²) < 4.78 is 26.4. The minimum absolute atomic E-state index is 0.0949. The number of nitrogens with one attached hydrogen (secondary N) is 1. The molecule has 0 saturated carbocycles. The molecule has 0 bridgehead atoms. The van der Waals surface area contributed by atoms with Gasteiger partial charge >= 0.3 is 0 Å². The summed E-state index contributed by atoms with van der Waals surface area (Å²) >= 11 is 1.35. The van der Waals surface area contributed by atoms with Crippen LogP contribution in [-0.2, 0) is 5.60 Å². The molecular weight excluding hydrogens is 284 g/mol. The summed E-state index contributed by atoms with van der Waals surface area (Å²) in [5, 5.41) is 14.4. The third kappa shape index (κ3) is 3.20. The predicted octanol–water partition coefficient (Wildman–Crippen LogP) is 2.66. The Morgan fingerprint density at radius 3 is 2.80 bits per heavy atom. The number of rotatable bonds is 4. The van der Waals surface area contributed by atoms with Crippen LogP contribution in [0, 0.1) is 11.6 Å². The molecule has 0 fully saturated rings. The van der Waals surface area contributed by atoms with E-state index in [0.717, 1.165) is 18.2 Å². The van der Waals surface area contributed by atoms with Gasteiger partial charge in [0, 0.05) is 4.88 Å². The van der Waals surface area contributed by atoms with Gasteiger partial charge in [-0.3, -0.25) is 4.79 Å². The van der Waals surface area contributed by atoms with Crippen LogP contribution in [0.25, 0.3) is 0 Å². The van der Waals surface area contributed by atoms with Crippen LogP contribution in [-0.4, -0.2) is 17.6 Å². The first-order valence-corrected chi connectivity index (χ1v) is 6.78. The molecule has 20 heavy (non-hydrogen) atoms. The first-order valence-electron chi connectivity index (χ1n) is 5.90. The number of carbonyl (C=O) groups excluding carboxylic acids is 1. The third-order valence-electron chi connectivity index (χ3n) is 2.82. The van der Waals surface area contributed by atoms with Crippen LogP contribution in [0.2, 0.25) is 0 Å². The molecule has 1 heterocycles. The molecule has 1 amide bonds. The quantitative estimate of drug-likeness (QED) is 0.911. The fourth-order valence-corrected chi connectivity index (χ4v) is 2.48. The van der Waals surface area contributed by atoms with E-state index in [-0.39, 0.29) is 12.1 Å². The summed E-state index contributed by atoms with van der Waals surface area (Å²) in [6.07, 6.45) is 0. The monoisotopic (exact) mass is 297 g/mol. The highest BCUT2D eigenvalue weighted by Crippen LogP contribution is 2.24. The standard InChI is InChI=1S/C14H13F2NO2S/c1-14(19,12-3-2-6-20-12)8-17-13(18)10-7-9(15)4-5-11(10)16/h2-7,19H,8H2,1H3,(H,17,18). The van der Waals surface area contributed by atoms with Crippen LogP contribution in [0.4, 0.5) is 8.78 Å². The van der Waals surface area contributed by atoms with E-state index in [2.05, 4.69) is 5.32 Å². The zero-order valence-electron chi connectivity index (χ0n) is 10.7. The number of hydrogen-bond donors (Lipinski definition) is 2. The topological polar surface area (TPSA) is 49.3 Å². The molecule has 0 spiro atoms. The van der Waals surface area contributed by atoms with Crippen molar-refractivity contribution >= 4 is 17.2 Å². The molecule has 0 saturated heterocycles. The highest BCUT2D eigenvalue weighted by Gasteiger charge is 2.25. The highest BCUT2D eigenvalue weighted by molar-refractivity contribution is 7.10. The number of thiophene rings is 1. The Labute approximate surface area is 118 Å². The molecule has 0 aliphatic rings. The van der Waals surface area contributed by atoms with Crippen molar-refractivity contribution in [2.75, 3.05) is 6.54 Å². The maximum Gasteiger partial charge on any atom is 0.254 e. The van der Waals surface area contributed by atoms with E-state index >= 15 is 0 Å². The molecule has 2 N–H and O–H groups in total. The molecule has 1 atom stereocenters. The second-order valence-electron chi connectivity index (χ2n) is 4.56. The fraction of sp³-hybridized carbons (Fsp3) is 0.214. The van der Waals surface area contributed by atoms with Crippen molar-refractivity contribution in [2.24, 2.45) is 0 Å². The van der Waals surface area contributed by atoms with Gasteiger partial charge in [-0.2, -0.15) is 0 Å². The van der Waals surface area contributed by atoms with Crippen LogP contribution >= 0.6 is 11.3 Å². The molecule has 0 radical (unpaired) electrons. The van der Waals surface area contributed by atoms with Gasteiger partial charge in [0.15, 0.2) is 0 Å². The smallest absolute Gasteiger partial charge is 0.254 e. The maximum atomic E-state index is 13.4. The summed E-state index contributed by atoms with van der Waals surface area (Å²) in [6, 6.07) is 6.17. The average Bonchev–Trinajstić information content (AvgIpc) is 2.93. The molecule has 106 valence electrons. The lowest BCUT2D eigenvalue weighted by molar-refractivity contribution is 0.0555. The fourth-order valence-electron chi connectivity index (χ4n) is 1.69. The van der Waals surface area contributed by atoms with Crippen LogP contribution in [0.15, 0.2) is 35.7 Å². The van der Waals surface area contributed by atoms with Crippen molar-refractivity contribution in [2.45, 2.75) is 12.5 Å². The molecule has 2 aromatic rings. The number of benzene rings is 1. The summed E-state index contributed by atoms with van der Waals surface area (Å²) in [7, 11) is 0. The van der Waals surface area contributed by atoms with Gasteiger partial charge in [-0.05, 0) is 36.6 Å². The molecule has 0 aliphatic carbocycles. The van der Waals surface area contributed by atoms with Crippen molar-refractivity contribution in [1.29, 1.82) is 0 Å². The zero-order valence-corrected chi connectivity index (χ0v) is 11.5. The lowest BCUT2D eigenvalue weighted by Crippen LogP contribution is -2.38. The number of aliphatic hydroxyl groups is 1. The second-order valence-corrected chi connectivity index (χ2v) is 5.51. The summed E-state index contributed by atoms with van der Waals surface area (Å²) in [5.74, 6) is -2.26. The molecule has 1 aromatic carbocycles. The second kappa shape index (κ2) is 5.68. The van der Waals surface area contributed by atoms with Crippen LogP contribution < -0.4 is 5.32 Å². The van der Waals surface area contributed by atoms with E-state index in [9.17, 15) is 18.7 Å². The molecule has 1 unspecified atom stereocenters. The molecule has 6 heteroatoms. The van der Waals surface area contributed by atoms with Gasteiger partial charge in [-0.25, -0.2) is 8.78 Å². The summed E-state index contributed by atoms with van der Waals surface area (Å²) in [5.41, 5.74) is -1.64. The molecule has 2 rings (SSSR count). The van der Waals surface area contributed by atoms with E-state index in [1.807, 2.05) is 0 Å². The Morgan fingerprint density at radius 1 is 1.40 bits per heavy atom.